The van der Waals surface area contributed by atoms with Crippen LogP contribution in [0.5, 0.6) is 11.5 Å². The highest BCUT2D eigenvalue weighted by atomic mass is 16.5. The van der Waals surface area contributed by atoms with E-state index in [4.69, 9.17) is 4.74 Å². The number of hydrogen-bond acceptors (Lipinski definition) is 4. The van der Waals surface area contributed by atoms with E-state index >= 15 is 0 Å². The monoisotopic (exact) mass is 300 g/mol. The molecule has 2 N–H and O–H groups in total. The molecular formula is C18H20O4. The molecule has 2 rings (SSSR count). The Morgan fingerprint density at radius 3 is 1.82 bits per heavy atom. The lowest BCUT2D eigenvalue weighted by Crippen LogP contribution is -2.21. The summed E-state index contributed by atoms with van der Waals surface area (Å²) in [6, 6.07) is 13.5. The second kappa shape index (κ2) is 6.98. The lowest BCUT2D eigenvalue weighted by Gasteiger charge is -2.25. The molecule has 22 heavy (non-hydrogen) atoms. The average Bonchev–Trinajstić information content (AvgIpc) is 2.54. The Labute approximate surface area is 130 Å². The van der Waals surface area contributed by atoms with Gasteiger partial charge < -0.3 is 14.9 Å². The minimum Gasteiger partial charge on any atom is -0.508 e. The smallest absolute Gasteiger partial charge is 0.313 e. The molecule has 0 spiro atoms. The van der Waals surface area contributed by atoms with Crippen molar-refractivity contribution in [3.8, 4) is 11.5 Å². The molecule has 2 atom stereocenters. The van der Waals surface area contributed by atoms with Crippen molar-refractivity contribution in [2.24, 2.45) is 0 Å². The predicted octanol–water partition coefficient (Wildman–Crippen LogP) is 3.55. The summed E-state index contributed by atoms with van der Waals surface area (Å²) in [6.07, 6.45) is 0.741. The van der Waals surface area contributed by atoms with Gasteiger partial charge in [-0.2, -0.15) is 0 Å². The van der Waals surface area contributed by atoms with E-state index in [-0.39, 0.29) is 23.4 Å². The van der Waals surface area contributed by atoms with Crippen LogP contribution in [0.4, 0.5) is 0 Å². The number of methoxy groups -OCH3 is 1. The standard InChI is InChI=1S/C18H20O4/c1-3-16(12-4-8-14(19)9-5-12)17(18(21)22-2)13-6-10-15(20)11-7-13/h4-11,16-17,19-20H,3H2,1-2H3. The first-order chi connectivity index (χ1) is 10.6. The van der Waals surface area contributed by atoms with Crippen molar-refractivity contribution in [2.45, 2.75) is 25.2 Å². The number of hydrogen-bond donors (Lipinski definition) is 2. The van der Waals surface area contributed by atoms with Crippen LogP contribution in [0.3, 0.4) is 0 Å². The van der Waals surface area contributed by atoms with Gasteiger partial charge in [0.1, 0.15) is 11.5 Å². The number of carbonyl (C=O) groups is 1. The van der Waals surface area contributed by atoms with Gasteiger partial charge in [-0.1, -0.05) is 31.2 Å². The van der Waals surface area contributed by atoms with Gasteiger partial charge in [-0.05, 0) is 41.8 Å². The zero-order valence-electron chi connectivity index (χ0n) is 12.7. The lowest BCUT2D eigenvalue weighted by atomic mass is 9.80. The van der Waals surface area contributed by atoms with E-state index < -0.39 is 5.92 Å². The molecule has 116 valence electrons. The van der Waals surface area contributed by atoms with Crippen LogP contribution in [0.2, 0.25) is 0 Å². The summed E-state index contributed by atoms with van der Waals surface area (Å²) in [4.78, 5) is 12.3. The zero-order valence-corrected chi connectivity index (χ0v) is 12.7. The minimum absolute atomic E-state index is 0.0717. The third-order valence-corrected chi connectivity index (χ3v) is 3.87. The number of esters is 1. The topological polar surface area (TPSA) is 66.8 Å². The highest BCUT2D eigenvalue weighted by Crippen LogP contribution is 2.37. The lowest BCUT2D eigenvalue weighted by molar-refractivity contribution is -0.143. The van der Waals surface area contributed by atoms with Crippen molar-refractivity contribution in [3.05, 3.63) is 59.7 Å². The van der Waals surface area contributed by atoms with Crippen molar-refractivity contribution in [3.63, 3.8) is 0 Å². The molecule has 0 aliphatic carbocycles. The van der Waals surface area contributed by atoms with Crippen LogP contribution in [-0.4, -0.2) is 23.3 Å². The summed E-state index contributed by atoms with van der Waals surface area (Å²) in [5.41, 5.74) is 1.76. The molecule has 0 aliphatic heterocycles. The van der Waals surface area contributed by atoms with Crippen LogP contribution >= 0.6 is 0 Å². The van der Waals surface area contributed by atoms with E-state index in [2.05, 4.69) is 0 Å². The maximum atomic E-state index is 12.3. The van der Waals surface area contributed by atoms with Crippen LogP contribution < -0.4 is 0 Å². The van der Waals surface area contributed by atoms with Crippen molar-refractivity contribution < 1.29 is 19.7 Å². The molecule has 4 heteroatoms. The Bertz CT molecular complexity index is 617. The second-order valence-corrected chi connectivity index (χ2v) is 5.20. The van der Waals surface area contributed by atoms with E-state index in [1.807, 2.05) is 19.1 Å². The Morgan fingerprint density at radius 2 is 1.41 bits per heavy atom. The van der Waals surface area contributed by atoms with Gasteiger partial charge in [-0.15, -0.1) is 0 Å². The van der Waals surface area contributed by atoms with Crippen molar-refractivity contribution >= 4 is 5.97 Å². The molecule has 0 aromatic heterocycles. The fourth-order valence-electron chi connectivity index (χ4n) is 2.73. The van der Waals surface area contributed by atoms with Gasteiger partial charge in [-0.3, -0.25) is 4.79 Å². The molecular weight excluding hydrogens is 280 g/mol. The number of benzene rings is 2. The van der Waals surface area contributed by atoms with Crippen LogP contribution in [0, 0.1) is 0 Å². The largest absolute Gasteiger partial charge is 0.508 e. The van der Waals surface area contributed by atoms with Gasteiger partial charge in [0.25, 0.3) is 0 Å². The fraction of sp³-hybridized carbons (Fsp3) is 0.278. The SMILES string of the molecule is CCC(c1ccc(O)cc1)C(C(=O)OC)c1ccc(O)cc1. The third-order valence-electron chi connectivity index (χ3n) is 3.87. The summed E-state index contributed by atoms with van der Waals surface area (Å²) in [5.74, 6) is -0.494. The minimum atomic E-state index is -0.458. The molecule has 0 amide bonds. The summed E-state index contributed by atoms with van der Waals surface area (Å²) in [6.45, 7) is 2.01. The molecule has 0 fully saturated rings. The zero-order chi connectivity index (χ0) is 16.1. The number of aromatic hydroxyl groups is 2. The molecule has 0 aliphatic rings. The maximum Gasteiger partial charge on any atom is 0.313 e. The highest BCUT2D eigenvalue weighted by Gasteiger charge is 2.30. The van der Waals surface area contributed by atoms with E-state index in [0.29, 0.717) is 0 Å². The van der Waals surface area contributed by atoms with E-state index in [1.54, 1.807) is 36.4 Å². The summed E-state index contributed by atoms with van der Waals surface area (Å²) < 4.78 is 4.97. The predicted molar refractivity (Wildman–Crippen MR) is 84.0 cm³/mol. The fourth-order valence-corrected chi connectivity index (χ4v) is 2.73. The summed E-state index contributed by atoms with van der Waals surface area (Å²) in [7, 11) is 1.37. The first kappa shape index (κ1) is 15.9. The number of ether oxygens (including phenoxy) is 1. The van der Waals surface area contributed by atoms with Gasteiger partial charge in [0.15, 0.2) is 0 Å². The highest BCUT2D eigenvalue weighted by molar-refractivity contribution is 5.79. The van der Waals surface area contributed by atoms with Crippen molar-refractivity contribution in [1.29, 1.82) is 0 Å². The molecule has 0 bridgehead atoms. The van der Waals surface area contributed by atoms with Crippen molar-refractivity contribution in [1.82, 2.24) is 0 Å². The van der Waals surface area contributed by atoms with Gasteiger partial charge in [0.2, 0.25) is 0 Å². The van der Waals surface area contributed by atoms with E-state index in [0.717, 1.165) is 17.5 Å². The average molecular weight is 300 g/mol. The Hall–Kier alpha value is -2.49. The van der Waals surface area contributed by atoms with Crippen LogP contribution in [0.25, 0.3) is 0 Å². The Kier molecular flexibility index (Phi) is 5.04. The van der Waals surface area contributed by atoms with Gasteiger partial charge in [0, 0.05) is 5.92 Å². The molecule has 4 nitrogen and oxygen atoms in total. The van der Waals surface area contributed by atoms with Gasteiger partial charge in [0.05, 0.1) is 13.0 Å². The molecule has 2 aromatic carbocycles. The normalized spacial score (nSPS) is 13.4. The van der Waals surface area contributed by atoms with Crippen LogP contribution in [0.15, 0.2) is 48.5 Å². The second-order valence-electron chi connectivity index (χ2n) is 5.20. The summed E-state index contributed by atoms with van der Waals surface area (Å²) >= 11 is 0. The van der Waals surface area contributed by atoms with E-state index in [1.165, 1.54) is 7.11 Å². The number of rotatable bonds is 5. The van der Waals surface area contributed by atoms with Gasteiger partial charge in [-0.25, -0.2) is 0 Å². The Balaban J connectivity index is 2.44. The van der Waals surface area contributed by atoms with Gasteiger partial charge >= 0.3 is 5.97 Å². The third kappa shape index (κ3) is 3.39. The molecule has 0 saturated heterocycles. The van der Waals surface area contributed by atoms with E-state index in [9.17, 15) is 15.0 Å². The first-order valence-corrected chi connectivity index (χ1v) is 7.22. The number of phenols is 2. The van der Waals surface area contributed by atoms with Crippen molar-refractivity contribution in [2.75, 3.05) is 7.11 Å². The molecule has 2 aromatic rings. The number of phenolic OH excluding ortho intramolecular Hbond substituents is 2. The molecule has 0 heterocycles. The maximum absolute atomic E-state index is 12.3. The molecule has 2 unspecified atom stereocenters. The number of carbonyl (C=O) groups excluding carboxylic acids is 1. The first-order valence-electron chi connectivity index (χ1n) is 7.22. The molecule has 0 radical (unpaired) electrons. The summed E-state index contributed by atoms with van der Waals surface area (Å²) in [5, 5.41) is 18.9. The van der Waals surface area contributed by atoms with Crippen LogP contribution in [-0.2, 0) is 9.53 Å². The molecule has 0 saturated carbocycles. The quantitative estimate of drug-likeness (QED) is 0.829. The Morgan fingerprint density at radius 1 is 0.955 bits per heavy atom. The van der Waals surface area contributed by atoms with Crippen LogP contribution in [0.1, 0.15) is 36.3 Å².